The molecule has 6 heteroatoms. The molecule has 19 heavy (non-hydrogen) atoms. The molecule has 0 saturated carbocycles. The molecule has 0 fully saturated rings. The van der Waals surface area contributed by atoms with Gasteiger partial charge in [0.1, 0.15) is 11.8 Å². The third-order valence-electron chi connectivity index (χ3n) is 2.58. The summed E-state index contributed by atoms with van der Waals surface area (Å²) in [7, 11) is 1.24. The van der Waals surface area contributed by atoms with Gasteiger partial charge in [0.15, 0.2) is 0 Å². The van der Waals surface area contributed by atoms with Gasteiger partial charge in [-0.3, -0.25) is 4.79 Å². The Labute approximate surface area is 109 Å². The Morgan fingerprint density at radius 2 is 2.11 bits per heavy atom. The number of alkyl halides is 2. The van der Waals surface area contributed by atoms with E-state index in [-0.39, 0.29) is 17.7 Å². The van der Waals surface area contributed by atoms with E-state index in [1.165, 1.54) is 19.2 Å². The van der Waals surface area contributed by atoms with Crippen molar-refractivity contribution in [1.29, 1.82) is 5.26 Å². The molecule has 4 nitrogen and oxygen atoms in total. The topological polar surface area (TPSA) is 59.3 Å². The number of ether oxygens (including phenoxy) is 2. The van der Waals surface area contributed by atoms with Crippen LogP contribution in [0.25, 0.3) is 0 Å². The predicted octanol–water partition coefficient (Wildman–Crippen LogP) is 2.44. The molecule has 0 saturated heterocycles. The highest BCUT2D eigenvalue weighted by Gasteiger charge is 2.15. The van der Waals surface area contributed by atoms with E-state index in [1.807, 2.05) is 6.92 Å². The van der Waals surface area contributed by atoms with E-state index in [0.717, 1.165) is 5.56 Å². The second kappa shape index (κ2) is 6.69. The Hall–Kier alpha value is -2.16. The molecule has 0 aliphatic rings. The van der Waals surface area contributed by atoms with E-state index in [0.29, 0.717) is 12.0 Å². The van der Waals surface area contributed by atoms with Crippen molar-refractivity contribution in [2.75, 3.05) is 7.11 Å². The first-order chi connectivity index (χ1) is 9.01. The number of aryl methyl sites for hydroxylation is 1. The average Bonchev–Trinajstić information content (AvgIpc) is 2.38. The molecule has 0 N–H and O–H groups in total. The van der Waals surface area contributed by atoms with Gasteiger partial charge in [0.2, 0.25) is 0 Å². The molecular formula is C13H13F2NO3. The predicted molar refractivity (Wildman–Crippen MR) is 62.9 cm³/mol. The van der Waals surface area contributed by atoms with Crippen molar-refractivity contribution >= 4 is 5.97 Å². The first-order valence-electron chi connectivity index (χ1n) is 5.59. The molecule has 0 aromatic heterocycles. The van der Waals surface area contributed by atoms with E-state index < -0.39 is 12.6 Å². The van der Waals surface area contributed by atoms with Crippen LogP contribution in [0.4, 0.5) is 8.78 Å². The fraction of sp³-hybridized carbons (Fsp3) is 0.385. The van der Waals surface area contributed by atoms with Crippen molar-refractivity contribution in [3.05, 3.63) is 28.8 Å². The van der Waals surface area contributed by atoms with Crippen LogP contribution in [0.15, 0.2) is 12.1 Å². The average molecular weight is 269 g/mol. The van der Waals surface area contributed by atoms with Gasteiger partial charge in [0.25, 0.3) is 0 Å². The van der Waals surface area contributed by atoms with Crippen molar-refractivity contribution in [3.8, 4) is 11.8 Å². The maximum absolute atomic E-state index is 12.3. The Bertz CT molecular complexity index is 509. The fourth-order valence-corrected chi connectivity index (χ4v) is 1.67. The molecule has 0 heterocycles. The highest BCUT2D eigenvalue weighted by molar-refractivity contribution is 5.73. The Morgan fingerprint density at radius 3 is 2.58 bits per heavy atom. The van der Waals surface area contributed by atoms with E-state index in [1.54, 1.807) is 6.07 Å². The maximum Gasteiger partial charge on any atom is 0.387 e. The van der Waals surface area contributed by atoms with Crippen molar-refractivity contribution < 1.29 is 23.0 Å². The summed E-state index contributed by atoms with van der Waals surface area (Å²) in [5.74, 6) is -0.712. The third-order valence-corrected chi connectivity index (χ3v) is 2.58. The number of halogens is 2. The molecule has 0 radical (unpaired) electrons. The SMILES string of the molecule is CCc1cc(C#N)c(OC(F)F)cc1CC(=O)OC. The third kappa shape index (κ3) is 3.91. The molecule has 0 aliphatic carbocycles. The molecule has 0 spiro atoms. The molecule has 102 valence electrons. The highest BCUT2D eigenvalue weighted by Crippen LogP contribution is 2.26. The smallest absolute Gasteiger partial charge is 0.387 e. The number of rotatable bonds is 5. The van der Waals surface area contributed by atoms with Crippen molar-refractivity contribution in [1.82, 2.24) is 0 Å². The van der Waals surface area contributed by atoms with Crippen LogP contribution in [-0.2, 0) is 22.4 Å². The number of nitriles is 1. The fourth-order valence-electron chi connectivity index (χ4n) is 1.67. The minimum absolute atomic E-state index is 0.0192. The number of carbonyl (C=O) groups is 1. The molecule has 0 unspecified atom stereocenters. The van der Waals surface area contributed by atoms with E-state index in [4.69, 9.17) is 5.26 Å². The van der Waals surface area contributed by atoms with Gasteiger partial charge in [-0.05, 0) is 29.7 Å². The summed E-state index contributed by atoms with van der Waals surface area (Å²) in [4.78, 5) is 11.3. The zero-order chi connectivity index (χ0) is 14.4. The Kier molecular flexibility index (Phi) is 5.24. The minimum atomic E-state index is -3.02. The summed E-state index contributed by atoms with van der Waals surface area (Å²) in [5.41, 5.74) is 1.26. The standard InChI is InChI=1S/C13H13F2NO3/c1-3-8-4-10(7-16)11(19-13(14)15)5-9(8)6-12(17)18-2/h4-5,13H,3,6H2,1-2H3. The number of esters is 1. The lowest BCUT2D eigenvalue weighted by molar-refractivity contribution is -0.139. The number of methoxy groups -OCH3 is 1. The summed E-state index contributed by atoms with van der Waals surface area (Å²) in [5, 5.41) is 8.90. The second-order valence-corrected chi connectivity index (χ2v) is 3.71. The quantitative estimate of drug-likeness (QED) is 0.770. The van der Waals surface area contributed by atoms with Gasteiger partial charge in [0.05, 0.1) is 19.1 Å². The molecule has 0 amide bonds. The summed E-state index contributed by atoms with van der Waals surface area (Å²) in [6.07, 6.45) is 0.515. The lowest BCUT2D eigenvalue weighted by Gasteiger charge is -2.12. The highest BCUT2D eigenvalue weighted by atomic mass is 19.3. The van der Waals surface area contributed by atoms with Crippen LogP contribution in [0.2, 0.25) is 0 Å². The molecule has 1 rings (SSSR count). The van der Waals surface area contributed by atoms with Crippen molar-refractivity contribution in [3.63, 3.8) is 0 Å². The summed E-state index contributed by atoms with van der Waals surface area (Å²) in [6.45, 7) is -1.18. The molecule has 1 aromatic carbocycles. The van der Waals surface area contributed by atoms with Crippen LogP contribution in [0.3, 0.4) is 0 Å². The molecule has 0 bridgehead atoms. The first-order valence-corrected chi connectivity index (χ1v) is 5.59. The van der Waals surface area contributed by atoms with Crippen LogP contribution in [0.1, 0.15) is 23.6 Å². The number of benzene rings is 1. The van der Waals surface area contributed by atoms with Crippen LogP contribution in [0, 0.1) is 11.3 Å². The zero-order valence-corrected chi connectivity index (χ0v) is 10.6. The van der Waals surface area contributed by atoms with E-state index in [2.05, 4.69) is 9.47 Å². The van der Waals surface area contributed by atoms with Crippen LogP contribution in [0.5, 0.6) is 5.75 Å². The first kappa shape index (κ1) is 14.9. The number of carbonyl (C=O) groups excluding carboxylic acids is 1. The maximum atomic E-state index is 12.3. The Balaban J connectivity index is 3.21. The number of hydrogen-bond donors (Lipinski definition) is 0. The summed E-state index contributed by atoms with van der Waals surface area (Å²) < 4.78 is 33.3. The van der Waals surface area contributed by atoms with Gasteiger partial charge in [-0.2, -0.15) is 14.0 Å². The van der Waals surface area contributed by atoms with Crippen molar-refractivity contribution in [2.45, 2.75) is 26.4 Å². The van der Waals surface area contributed by atoms with Gasteiger partial charge in [-0.25, -0.2) is 0 Å². The van der Waals surface area contributed by atoms with E-state index >= 15 is 0 Å². The van der Waals surface area contributed by atoms with Gasteiger partial charge < -0.3 is 9.47 Å². The summed E-state index contributed by atoms with van der Waals surface area (Å²) >= 11 is 0. The lowest BCUT2D eigenvalue weighted by atomic mass is 9.99. The van der Waals surface area contributed by atoms with Gasteiger partial charge in [0, 0.05) is 0 Å². The molecule has 1 aromatic rings. The normalized spacial score (nSPS) is 10.1. The van der Waals surface area contributed by atoms with Crippen LogP contribution < -0.4 is 4.74 Å². The molecule has 0 atom stereocenters. The summed E-state index contributed by atoms with van der Waals surface area (Å²) in [6, 6.07) is 4.54. The number of hydrogen-bond acceptors (Lipinski definition) is 4. The molecule has 0 aliphatic heterocycles. The van der Waals surface area contributed by atoms with Crippen LogP contribution >= 0.6 is 0 Å². The van der Waals surface area contributed by atoms with Gasteiger partial charge in [-0.15, -0.1) is 0 Å². The van der Waals surface area contributed by atoms with Gasteiger partial charge in [-0.1, -0.05) is 6.92 Å². The van der Waals surface area contributed by atoms with Crippen LogP contribution in [-0.4, -0.2) is 19.7 Å². The molecular weight excluding hydrogens is 256 g/mol. The zero-order valence-electron chi connectivity index (χ0n) is 10.6. The lowest BCUT2D eigenvalue weighted by Crippen LogP contribution is -2.09. The second-order valence-electron chi connectivity index (χ2n) is 3.71. The Morgan fingerprint density at radius 1 is 1.42 bits per heavy atom. The van der Waals surface area contributed by atoms with Crippen molar-refractivity contribution in [2.24, 2.45) is 0 Å². The van der Waals surface area contributed by atoms with Gasteiger partial charge >= 0.3 is 12.6 Å². The number of nitrogens with zero attached hydrogens (tertiary/aromatic N) is 1. The monoisotopic (exact) mass is 269 g/mol. The minimum Gasteiger partial charge on any atom is -0.469 e. The van der Waals surface area contributed by atoms with E-state index in [9.17, 15) is 13.6 Å². The largest absolute Gasteiger partial charge is 0.469 e.